The molecule has 4 aliphatic rings. The Balaban J connectivity index is 1.29. The minimum atomic E-state index is -0.824. The topological polar surface area (TPSA) is 136 Å². The zero-order chi connectivity index (χ0) is 35.7. The molecule has 49 heavy (non-hydrogen) atoms. The van der Waals surface area contributed by atoms with Gasteiger partial charge in [-0.15, -0.1) is 0 Å². The van der Waals surface area contributed by atoms with Crippen LogP contribution in [0.2, 0.25) is 0 Å². The molecule has 2 aromatic rings. The largest absolute Gasteiger partial charge is 0.444 e. The Bertz CT molecular complexity index is 1590. The average molecular weight is 675 g/mol. The smallest absolute Gasteiger partial charge is 0.417 e. The second-order valence-electron chi connectivity index (χ2n) is 16.2. The molecule has 5 atom stereocenters. The molecule has 0 radical (unpaired) electrons. The number of carbonyl (C=O) groups is 3. The van der Waals surface area contributed by atoms with Crippen molar-refractivity contribution in [1.82, 2.24) is 20.4 Å². The van der Waals surface area contributed by atoms with Gasteiger partial charge in [-0.1, -0.05) is 56.3 Å². The average Bonchev–Trinajstić information content (AvgIpc) is 3.30. The van der Waals surface area contributed by atoms with Gasteiger partial charge in [0, 0.05) is 50.3 Å². The minimum Gasteiger partial charge on any atom is -0.444 e. The van der Waals surface area contributed by atoms with Crippen molar-refractivity contribution in [2.45, 2.75) is 104 Å². The van der Waals surface area contributed by atoms with Crippen molar-refractivity contribution in [2.24, 2.45) is 28.7 Å². The number of hydrogen-bond donors (Lipinski definition) is 3. The molecule has 6 rings (SSSR count). The van der Waals surface area contributed by atoms with Gasteiger partial charge < -0.3 is 14.8 Å². The van der Waals surface area contributed by atoms with E-state index in [1.807, 2.05) is 24.4 Å². The zero-order valence-corrected chi connectivity index (χ0v) is 30.3. The van der Waals surface area contributed by atoms with Gasteiger partial charge in [0.15, 0.2) is 0 Å². The van der Waals surface area contributed by atoms with Crippen LogP contribution >= 0.6 is 0 Å². The number of carbonyl (C=O) groups excluding carboxylic acids is 3. The molecule has 2 aromatic carbocycles. The summed E-state index contributed by atoms with van der Waals surface area (Å²) in [4.78, 5) is 48.6. The standard InChI is InChI=1S/C38H54N6O5/c1-24(2)19-30-31-29-22-41-38(30,32(45)40-21-26-15-11-14-25-13-9-10-16-28(25)26)20-27(29)23-43(31)17-12-18-44(35(47)49-37(6,7)8)33(39)42-34(46)48-36(3,4)5/h9-11,13-16,22,24,27,29-31H,12,17-21,23H2,1-8H3,(H,40,45)(H2,39,42,46)/t27-,29-,30+,31+,38+/m1/s1. The fourth-order valence-corrected chi connectivity index (χ4v) is 7.89. The molecule has 3 amide bonds. The molecular formula is C38H54N6O5. The van der Waals surface area contributed by atoms with Crippen molar-refractivity contribution in [3.05, 3.63) is 48.0 Å². The van der Waals surface area contributed by atoms with Crippen molar-refractivity contribution >= 4 is 41.0 Å². The highest BCUT2D eigenvalue weighted by molar-refractivity contribution is 6.00. The number of nitrogens with zero attached hydrogens (tertiary/aromatic N) is 3. The highest BCUT2D eigenvalue weighted by atomic mass is 16.6. The number of benzene rings is 2. The van der Waals surface area contributed by atoms with E-state index in [9.17, 15) is 14.4 Å². The molecule has 3 heterocycles. The summed E-state index contributed by atoms with van der Waals surface area (Å²) in [6.07, 6.45) is 2.65. The van der Waals surface area contributed by atoms with Gasteiger partial charge in [0.05, 0.1) is 0 Å². The Kier molecular flexibility index (Phi) is 10.4. The third kappa shape index (κ3) is 8.25. The van der Waals surface area contributed by atoms with Gasteiger partial charge in [-0.05, 0) is 89.0 Å². The highest BCUT2D eigenvalue weighted by Gasteiger charge is 2.63. The van der Waals surface area contributed by atoms with Crippen LogP contribution in [0.15, 0.2) is 47.5 Å². The van der Waals surface area contributed by atoms with Crippen molar-refractivity contribution in [1.29, 1.82) is 5.41 Å². The first-order chi connectivity index (χ1) is 23.0. The molecule has 266 valence electrons. The number of alkyl carbamates (subject to hydrolysis) is 1. The van der Waals surface area contributed by atoms with E-state index in [0.29, 0.717) is 37.8 Å². The zero-order valence-electron chi connectivity index (χ0n) is 30.3. The third-order valence-corrected chi connectivity index (χ3v) is 9.67. The van der Waals surface area contributed by atoms with E-state index in [-0.39, 0.29) is 30.3 Å². The summed E-state index contributed by atoms with van der Waals surface area (Å²) in [6, 6.07) is 14.6. The molecule has 1 saturated heterocycles. The maximum absolute atomic E-state index is 14.3. The molecule has 1 aliphatic carbocycles. The minimum absolute atomic E-state index is 0.00454. The monoisotopic (exact) mass is 674 g/mol. The molecular weight excluding hydrogens is 620 g/mol. The lowest BCUT2D eigenvalue weighted by atomic mass is 9.59. The van der Waals surface area contributed by atoms with E-state index in [2.05, 4.69) is 53.6 Å². The van der Waals surface area contributed by atoms with Crippen LogP contribution in [-0.2, 0) is 20.8 Å². The summed E-state index contributed by atoms with van der Waals surface area (Å²) in [5, 5.41) is 16.5. The lowest BCUT2D eigenvalue weighted by molar-refractivity contribution is -0.132. The second kappa shape index (κ2) is 14.1. The molecule has 2 fully saturated rings. The molecule has 3 N–H and O–H groups in total. The quantitative estimate of drug-likeness (QED) is 0.210. The van der Waals surface area contributed by atoms with Crippen molar-refractivity contribution in [2.75, 3.05) is 19.6 Å². The number of amides is 3. The van der Waals surface area contributed by atoms with Crippen LogP contribution in [0.5, 0.6) is 0 Å². The van der Waals surface area contributed by atoms with Gasteiger partial charge >= 0.3 is 12.2 Å². The van der Waals surface area contributed by atoms with Gasteiger partial charge in [-0.2, -0.15) is 0 Å². The van der Waals surface area contributed by atoms with E-state index in [1.165, 1.54) is 0 Å². The molecule has 11 heteroatoms. The number of aliphatic imine (C=N–C) groups is 1. The van der Waals surface area contributed by atoms with Gasteiger partial charge in [0.2, 0.25) is 11.9 Å². The second-order valence-corrected chi connectivity index (χ2v) is 16.2. The van der Waals surface area contributed by atoms with Gasteiger partial charge in [0.25, 0.3) is 0 Å². The molecule has 0 aromatic heterocycles. The number of guanidine groups is 1. The van der Waals surface area contributed by atoms with E-state index in [1.54, 1.807) is 41.5 Å². The summed E-state index contributed by atoms with van der Waals surface area (Å²) in [6.45, 7) is 17.0. The van der Waals surface area contributed by atoms with E-state index in [0.717, 1.165) is 34.2 Å². The van der Waals surface area contributed by atoms with Crippen LogP contribution in [0.3, 0.4) is 0 Å². The predicted octanol–water partition coefficient (Wildman–Crippen LogP) is 6.35. The maximum Gasteiger partial charge on any atom is 0.417 e. The number of likely N-dealkylation sites (tertiary alicyclic amines) is 1. The maximum atomic E-state index is 14.3. The van der Waals surface area contributed by atoms with E-state index in [4.69, 9.17) is 19.9 Å². The van der Waals surface area contributed by atoms with Crippen LogP contribution in [0.25, 0.3) is 10.8 Å². The summed E-state index contributed by atoms with van der Waals surface area (Å²) in [5.74, 6) is 0.603. The van der Waals surface area contributed by atoms with Crippen molar-refractivity contribution in [3.8, 4) is 0 Å². The summed E-state index contributed by atoms with van der Waals surface area (Å²) >= 11 is 0. The molecule has 4 bridgehead atoms. The van der Waals surface area contributed by atoms with Crippen LogP contribution in [0, 0.1) is 29.1 Å². The van der Waals surface area contributed by atoms with Crippen molar-refractivity contribution in [3.63, 3.8) is 0 Å². The van der Waals surface area contributed by atoms with Crippen LogP contribution in [0.1, 0.15) is 80.2 Å². The first kappa shape index (κ1) is 36.3. The lowest BCUT2D eigenvalue weighted by Gasteiger charge is -2.51. The van der Waals surface area contributed by atoms with Crippen LogP contribution in [-0.4, -0.2) is 82.5 Å². The van der Waals surface area contributed by atoms with Crippen LogP contribution in [0.4, 0.5) is 9.59 Å². The Hall–Kier alpha value is -3.99. The van der Waals surface area contributed by atoms with Gasteiger partial charge in [0.1, 0.15) is 16.7 Å². The Morgan fingerprint density at radius 1 is 1.04 bits per heavy atom. The first-order valence-electron chi connectivity index (χ1n) is 17.6. The molecule has 3 aliphatic heterocycles. The van der Waals surface area contributed by atoms with E-state index < -0.39 is 34.9 Å². The fourth-order valence-electron chi connectivity index (χ4n) is 7.89. The third-order valence-electron chi connectivity index (χ3n) is 9.67. The Morgan fingerprint density at radius 3 is 2.43 bits per heavy atom. The fraction of sp³-hybridized carbons (Fsp3) is 0.605. The normalized spacial score (nSPS) is 24.6. The molecule has 1 saturated carbocycles. The number of nitrogens with one attached hydrogen (secondary N) is 3. The summed E-state index contributed by atoms with van der Waals surface area (Å²) in [5.41, 5.74) is -1.27. The Morgan fingerprint density at radius 2 is 1.73 bits per heavy atom. The SMILES string of the molecule is CC(C)C[C@H]1[C@@H]2[C@@H]3C=N[C@@]1(C(=O)NCc1cccc4ccccc14)C[C@@H]3CN2CCCN(C(=N)NC(=O)OC(C)(C)C)C(=O)OC(C)(C)C. The molecule has 11 nitrogen and oxygen atoms in total. The van der Waals surface area contributed by atoms with E-state index >= 15 is 0 Å². The number of fused-ring (bicyclic) bond motifs is 1. The number of ether oxygens (including phenoxy) is 2. The molecule has 0 unspecified atom stereocenters. The van der Waals surface area contributed by atoms with Crippen LogP contribution < -0.4 is 10.6 Å². The summed E-state index contributed by atoms with van der Waals surface area (Å²) in [7, 11) is 0. The molecule has 0 spiro atoms. The highest BCUT2D eigenvalue weighted by Crippen LogP contribution is 2.54. The van der Waals surface area contributed by atoms with Gasteiger partial charge in [-0.25, -0.2) is 14.5 Å². The Labute approximate surface area is 290 Å². The number of hydrogen-bond acceptors (Lipinski definition) is 8. The number of rotatable bonds is 9. The lowest BCUT2D eigenvalue weighted by Crippen LogP contribution is -2.63. The van der Waals surface area contributed by atoms with Gasteiger partial charge in [-0.3, -0.25) is 25.4 Å². The predicted molar refractivity (Wildman–Crippen MR) is 192 cm³/mol. The summed E-state index contributed by atoms with van der Waals surface area (Å²) < 4.78 is 10.9. The van der Waals surface area contributed by atoms with Crippen molar-refractivity contribution < 1.29 is 23.9 Å². The first-order valence-corrected chi connectivity index (χ1v) is 17.6.